The average molecular weight is 183 g/mol. The summed E-state index contributed by atoms with van der Waals surface area (Å²) in [5.41, 5.74) is 0.665. The second-order valence-corrected chi connectivity index (χ2v) is 4.31. The molecule has 2 fully saturated rings. The fraction of sp³-hybridized carbons (Fsp3) is 1.00. The molecule has 0 N–H and O–H groups in total. The van der Waals surface area contributed by atoms with Crippen LogP contribution in [0.3, 0.4) is 0 Å². The zero-order valence-electron chi connectivity index (χ0n) is 9.60. The third-order valence-electron chi connectivity index (χ3n) is 3.73. The van der Waals surface area contributed by atoms with Gasteiger partial charge in [0, 0.05) is 5.54 Å². The molecule has 0 aromatic carbocycles. The van der Waals surface area contributed by atoms with Crippen molar-refractivity contribution in [1.82, 2.24) is 4.90 Å². The second-order valence-electron chi connectivity index (χ2n) is 4.31. The van der Waals surface area contributed by atoms with Gasteiger partial charge in [0.15, 0.2) is 0 Å². The van der Waals surface area contributed by atoms with E-state index >= 15 is 0 Å². The Kier molecular flexibility index (Phi) is 4.24. The van der Waals surface area contributed by atoms with Crippen LogP contribution in [0.25, 0.3) is 0 Å². The highest BCUT2D eigenvalue weighted by molar-refractivity contribution is 4.95. The van der Waals surface area contributed by atoms with Gasteiger partial charge in [0.05, 0.1) is 0 Å². The molecule has 2 aliphatic rings. The Morgan fingerprint density at radius 2 is 1.31 bits per heavy atom. The summed E-state index contributed by atoms with van der Waals surface area (Å²) in [5, 5.41) is 0. The lowest BCUT2D eigenvalue weighted by molar-refractivity contribution is 0.0791. The van der Waals surface area contributed by atoms with E-state index in [2.05, 4.69) is 11.9 Å². The Balaban J connectivity index is 0.000000396. The van der Waals surface area contributed by atoms with Gasteiger partial charge in [-0.25, -0.2) is 0 Å². The first-order valence-electron chi connectivity index (χ1n) is 6.05. The molecule has 78 valence electrons. The number of rotatable bonds is 0. The average Bonchev–Trinajstić information content (AvgIpc) is 2.64. The van der Waals surface area contributed by atoms with Gasteiger partial charge in [-0.15, -0.1) is 0 Å². The van der Waals surface area contributed by atoms with Gasteiger partial charge in [0.2, 0.25) is 0 Å². The van der Waals surface area contributed by atoms with Gasteiger partial charge in [0.25, 0.3) is 0 Å². The second kappa shape index (κ2) is 4.99. The molecule has 13 heavy (non-hydrogen) atoms. The molecule has 1 saturated heterocycles. The van der Waals surface area contributed by atoms with E-state index in [-0.39, 0.29) is 0 Å². The lowest BCUT2D eigenvalue weighted by Crippen LogP contribution is -2.47. The Bertz CT molecular complexity index is 136. The van der Waals surface area contributed by atoms with Crippen LogP contribution in [0.1, 0.15) is 58.8 Å². The molecule has 1 aliphatic carbocycles. The first kappa shape index (κ1) is 11.0. The Hall–Kier alpha value is -0.0400. The fourth-order valence-electron chi connectivity index (χ4n) is 2.90. The van der Waals surface area contributed by atoms with Crippen LogP contribution in [-0.2, 0) is 0 Å². The first-order chi connectivity index (χ1) is 6.33. The van der Waals surface area contributed by atoms with E-state index in [1.54, 1.807) is 0 Å². The topological polar surface area (TPSA) is 3.24 Å². The van der Waals surface area contributed by atoms with Crippen LogP contribution in [0.15, 0.2) is 0 Å². The summed E-state index contributed by atoms with van der Waals surface area (Å²) < 4.78 is 0. The number of hydrogen-bond acceptors (Lipinski definition) is 1. The molecule has 1 spiro atoms. The first-order valence-corrected chi connectivity index (χ1v) is 6.05. The van der Waals surface area contributed by atoms with Crippen LogP contribution in [0.2, 0.25) is 0 Å². The Morgan fingerprint density at radius 1 is 0.846 bits per heavy atom. The van der Waals surface area contributed by atoms with Gasteiger partial charge in [-0.2, -0.15) is 0 Å². The molecule has 1 heteroatoms. The standard InChI is InChI=1S/C10H19N.C2H6/c1-11-9-5-4-8-10(11)6-2-3-7-10;1-2/h2-9H2,1H3;1-2H3. The molecule has 0 radical (unpaired) electrons. The molecule has 0 atom stereocenters. The van der Waals surface area contributed by atoms with E-state index in [1.165, 1.54) is 51.5 Å². The summed E-state index contributed by atoms with van der Waals surface area (Å²) in [6, 6.07) is 0. The largest absolute Gasteiger partial charge is 0.301 e. The summed E-state index contributed by atoms with van der Waals surface area (Å²) >= 11 is 0. The van der Waals surface area contributed by atoms with Gasteiger partial charge < -0.3 is 4.90 Å². The maximum Gasteiger partial charge on any atom is 0.0206 e. The normalized spacial score (nSPS) is 27.0. The molecule has 0 unspecified atom stereocenters. The van der Waals surface area contributed by atoms with Gasteiger partial charge in [-0.3, -0.25) is 0 Å². The number of hydrogen-bond donors (Lipinski definition) is 0. The molecule has 0 aromatic rings. The van der Waals surface area contributed by atoms with Crippen molar-refractivity contribution in [2.24, 2.45) is 0 Å². The summed E-state index contributed by atoms with van der Waals surface area (Å²) in [6.07, 6.45) is 10.3. The van der Waals surface area contributed by atoms with Crippen molar-refractivity contribution in [2.45, 2.75) is 64.3 Å². The highest BCUT2D eigenvalue weighted by Crippen LogP contribution is 2.40. The van der Waals surface area contributed by atoms with E-state index in [1.807, 2.05) is 13.8 Å². The van der Waals surface area contributed by atoms with Crippen molar-refractivity contribution in [1.29, 1.82) is 0 Å². The molecular formula is C12H25N. The maximum atomic E-state index is 2.63. The van der Waals surface area contributed by atoms with Crippen molar-refractivity contribution >= 4 is 0 Å². The van der Waals surface area contributed by atoms with Gasteiger partial charge >= 0.3 is 0 Å². The molecule has 2 rings (SSSR count). The summed E-state index contributed by atoms with van der Waals surface area (Å²) in [7, 11) is 2.32. The molecule has 1 heterocycles. The van der Waals surface area contributed by atoms with Crippen molar-refractivity contribution in [3.05, 3.63) is 0 Å². The van der Waals surface area contributed by atoms with E-state index < -0.39 is 0 Å². The summed E-state index contributed by atoms with van der Waals surface area (Å²) in [6.45, 7) is 5.35. The van der Waals surface area contributed by atoms with Crippen LogP contribution in [0.5, 0.6) is 0 Å². The van der Waals surface area contributed by atoms with E-state index in [4.69, 9.17) is 0 Å². The monoisotopic (exact) mass is 183 g/mol. The molecule has 1 saturated carbocycles. The maximum absolute atomic E-state index is 2.63. The molecule has 1 aliphatic heterocycles. The zero-order valence-corrected chi connectivity index (χ0v) is 9.60. The van der Waals surface area contributed by atoms with E-state index in [9.17, 15) is 0 Å². The highest BCUT2D eigenvalue weighted by Gasteiger charge is 2.38. The quantitative estimate of drug-likeness (QED) is 0.556. The molecular weight excluding hydrogens is 158 g/mol. The van der Waals surface area contributed by atoms with Crippen molar-refractivity contribution in [3.63, 3.8) is 0 Å². The third kappa shape index (κ3) is 2.25. The smallest absolute Gasteiger partial charge is 0.0206 e. The number of piperidine rings is 1. The van der Waals surface area contributed by atoms with Crippen molar-refractivity contribution < 1.29 is 0 Å². The lowest BCUT2D eigenvalue weighted by Gasteiger charge is -2.42. The number of nitrogens with zero attached hydrogens (tertiary/aromatic N) is 1. The Morgan fingerprint density at radius 3 is 1.85 bits per heavy atom. The fourth-order valence-corrected chi connectivity index (χ4v) is 2.90. The SMILES string of the molecule is CC.CN1CCCCC12CCCC2. The minimum atomic E-state index is 0.665. The molecule has 1 nitrogen and oxygen atoms in total. The van der Waals surface area contributed by atoms with Crippen molar-refractivity contribution in [2.75, 3.05) is 13.6 Å². The van der Waals surface area contributed by atoms with Gasteiger partial charge in [-0.1, -0.05) is 33.1 Å². The van der Waals surface area contributed by atoms with Crippen LogP contribution in [0.4, 0.5) is 0 Å². The predicted octanol–water partition coefficient (Wildman–Crippen LogP) is 3.44. The predicted molar refractivity (Wildman–Crippen MR) is 59.0 cm³/mol. The zero-order chi connectivity index (χ0) is 9.73. The van der Waals surface area contributed by atoms with E-state index in [0.717, 1.165) is 0 Å². The summed E-state index contributed by atoms with van der Waals surface area (Å²) in [5.74, 6) is 0. The van der Waals surface area contributed by atoms with Gasteiger partial charge in [0.1, 0.15) is 0 Å². The highest BCUT2D eigenvalue weighted by atomic mass is 15.2. The Labute approximate surface area is 83.5 Å². The van der Waals surface area contributed by atoms with Gasteiger partial charge in [-0.05, 0) is 39.3 Å². The van der Waals surface area contributed by atoms with Crippen molar-refractivity contribution in [3.8, 4) is 0 Å². The molecule has 0 amide bonds. The molecule has 0 aromatic heterocycles. The minimum Gasteiger partial charge on any atom is -0.301 e. The summed E-state index contributed by atoms with van der Waals surface area (Å²) in [4.78, 5) is 2.63. The van der Waals surface area contributed by atoms with Crippen LogP contribution in [0, 0.1) is 0 Å². The third-order valence-corrected chi connectivity index (χ3v) is 3.73. The molecule has 0 bridgehead atoms. The van der Waals surface area contributed by atoms with E-state index in [0.29, 0.717) is 5.54 Å². The minimum absolute atomic E-state index is 0.665. The van der Waals surface area contributed by atoms with Crippen LogP contribution >= 0.6 is 0 Å². The lowest BCUT2D eigenvalue weighted by atomic mass is 9.86. The van der Waals surface area contributed by atoms with Crippen LogP contribution < -0.4 is 0 Å². The van der Waals surface area contributed by atoms with Crippen LogP contribution in [-0.4, -0.2) is 24.0 Å². The number of likely N-dealkylation sites (tertiary alicyclic amines) is 1.